The summed E-state index contributed by atoms with van der Waals surface area (Å²) in [5.41, 5.74) is 2.55. The van der Waals surface area contributed by atoms with Gasteiger partial charge >= 0.3 is 0 Å². The molecule has 2 aromatic carbocycles. The number of rotatable bonds is 3. The molecule has 2 aromatic rings. The fourth-order valence-electron chi connectivity index (χ4n) is 4.35. The zero-order valence-electron chi connectivity index (χ0n) is 12.9. The van der Waals surface area contributed by atoms with Gasteiger partial charge in [-0.15, -0.1) is 0 Å². The number of benzene rings is 2. The van der Waals surface area contributed by atoms with E-state index in [0.29, 0.717) is 23.7 Å². The van der Waals surface area contributed by atoms with E-state index >= 15 is 0 Å². The lowest BCUT2D eigenvalue weighted by atomic mass is 9.56. The van der Waals surface area contributed by atoms with Crippen LogP contribution in [0.3, 0.4) is 0 Å². The molecular weight excluding hydrogens is 270 g/mol. The van der Waals surface area contributed by atoms with Crippen LogP contribution in [-0.4, -0.2) is 17.4 Å². The monoisotopic (exact) mass is 291 g/mol. The lowest BCUT2D eigenvalue weighted by molar-refractivity contribution is -0.135. The Morgan fingerprint density at radius 1 is 0.955 bits per heavy atom. The molecule has 0 radical (unpaired) electrons. The topological polar surface area (TPSA) is 20.3 Å². The van der Waals surface area contributed by atoms with Crippen molar-refractivity contribution >= 4 is 5.91 Å². The molecule has 2 fully saturated rings. The van der Waals surface area contributed by atoms with Gasteiger partial charge in [-0.3, -0.25) is 4.79 Å². The summed E-state index contributed by atoms with van der Waals surface area (Å²) in [5, 5.41) is 0. The Morgan fingerprint density at radius 2 is 1.59 bits per heavy atom. The Morgan fingerprint density at radius 3 is 2.27 bits per heavy atom. The summed E-state index contributed by atoms with van der Waals surface area (Å²) in [4.78, 5) is 14.9. The summed E-state index contributed by atoms with van der Waals surface area (Å²) in [6, 6.07) is 20.9. The maximum atomic E-state index is 12.8. The largest absolute Gasteiger partial charge is 0.338 e. The molecule has 112 valence electrons. The van der Waals surface area contributed by atoms with Crippen LogP contribution in [0.2, 0.25) is 0 Å². The van der Waals surface area contributed by atoms with E-state index < -0.39 is 0 Å². The molecule has 1 saturated carbocycles. The van der Waals surface area contributed by atoms with Crippen molar-refractivity contribution in [3.63, 3.8) is 0 Å². The smallest absolute Gasteiger partial charge is 0.226 e. The number of hydrogen-bond acceptors (Lipinski definition) is 1. The van der Waals surface area contributed by atoms with Gasteiger partial charge in [0.15, 0.2) is 0 Å². The van der Waals surface area contributed by atoms with Crippen LogP contribution >= 0.6 is 0 Å². The summed E-state index contributed by atoms with van der Waals surface area (Å²) in [7, 11) is 0. The highest BCUT2D eigenvalue weighted by Gasteiger charge is 2.57. The molecule has 0 spiro atoms. The van der Waals surface area contributed by atoms with Crippen molar-refractivity contribution in [3.05, 3.63) is 71.8 Å². The molecule has 1 saturated heterocycles. The first-order valence-corrected chi connectivity index (χ1v) is 8.13. The van der Waals surface area contributed by atoms with E-state index in [0.717, 1.165) is 13.1 Å². The van der Waals surface area contributed by atoms with Crippen LogP contribution in [0.15, 0.2) is 60.7 Å². The van der Waals surface area contributed by atoms with Gasteiger partial charge in [-0.05, 0) is 28.9 Å². The van der Waals surface area contributed by atoms with Crippen LogP contribution in [0.25, 0.3) is 0 Å². The van der Waals surface area contributed by atoms with Gasteiger partial charge in [-0.1, -0.05) is 67.6 Å². The van der Waals surface area contributed by atoms with Gasteiger partial charge in [0, 0.05) is 13.1 Å². The van der Waals surface area contributed by atoms with Crippen LogP contribution in [-0.2, 0) is 11.3 Å². The van der Waals surface area contributed by atoms with Gasteiger partial charge < -0.3 is 4.90 Å². The van der Waals surface area contributed by atoms with E-state index in [-0.39, 0.29) is 5.92 Å². The third-order valence-corrected chi connectivity index (χ3v) is 5.52. The molecule has 22 heavy (non-hydrogen) atoms. The summed E-state index contributed by atoms with van der Waals surface area (Å²) >= 11 is 0. The van der Waals surface area contributed by atoms with Crippen LogP contribution in [0.1, 0.15) is 24.0 Å². The predicted octanol–water partition coefficient (Wildman–Crippen LogP) is 3.69. The SMILES string of the molecule is CC1C2CN(Cc3ccccc3)C(=O)C2C1c1ccccc1. The van der Waals surface area contributed by atoms with Gasteiger partial charge in [0.25, 0.3) is 0 Å². The van der Waals surface area contributed by atoms with Crippen LogP contribution in [0, 0.1) is 17.8 Å². The first kappa shape index (κ1) is 13.6. The maximum Gasteiger partial charge on any atom is 0.226 e. The standard InChI is InChI=1S/C20H21NO/c1-14-17-13-21(12-15-8-4-2-5-9-15)20(22)19(17)18(14)16-10-6-3-7-11-16/h2-11,14,17-19H,12-13H2,1H3. The van der Waals surface area contributed by atoms with Crippen molar-refractivity contribution < 1.29 is 4.79 Å². The average Bonchev–Trinajstić information content (AvgIpc) is 2.83. The molecule has 4 rings (SSSR count). The molecule has 1 aliphatic carbocycles. The summed E-state index contributed by atoms with van der Waals surface area (Å²) in [5.74, 6) is 2.07. The lowest BCUT2D eigenvalue weighted by Crippen LogP contribution is -2.44. The number of fused-ring (bicyclic) bond motifs is 1. The maximum absolute atomic E-state index is 12.8. The first-order chi connectivity index (χ1) is 10.8. The highest BCUT2D eigenvalue weighted by Crippen LogP contribution is 2.56. The van der Waals surface area contributed by atoms with Gasteiger partial charge in [0.05, 0.1) is 5.92 Å². The minimum absolute atomic E-state index is 0.195. The Hall–Kier alpha value is -2.09. The van der Waals surface area contributed by atoms with Gasteiger partial charge in [0.1, 0.15) is 0 Å². The zero-order valence-corrected chi connectivity index (χ0v) is 12.9. The van der Waals surface area contributed by atoms with E-state index in [2.05, 4.69) is 48.2 Å². The molecule has 0 aromatic heterocycles. The van der Waals surface area contributed by atoms with Crippen molar-refractivity contribution in [3.8, 4) is 0 Å². The van der Waals surface area contributed by atoms with Gasteiger partial charge in [-0.25, -0.2) is 0 Å². The second kappa shape index (κ2) is 5.28. The summed E-state index contributed by atoms with van der Waals surface area (Å²) < 4.78 is 0. The van der Waals surface area contributed by atoms with Crippen LogP contribution in [0.5, 0.6) is 0 Å². The average molecular weight is 291 g/mol. The first-order valence-electron chi connectivity index (χ1n) is 8.13. The lowest BCUT2D eigenvalue weighted by Gasteiger charge is -2.45. The van der Waals surface area contributed by atoms with E-state index in [1.54, 1.807) is 0 Å². The Kier molecular flexibility index (Phi) is 3.25. The summed E-state index contributed by atoms with van der Waals surface area (Å²) in [6.07, 6.45) is 0. The summed E-state index contributed by atoms with van der Waals surface area (Å²) in [6.45, 7) is 3.97. The molecule has 1 amide bonds. The molecule has 1 aliphatic heterocycles. The van der Waals surface area contributed by atoms with Crippen molar-refractivity contribution in [2.45, 2.75) is 19.4 Å². The molecule has 2 heteroatoms. The Balaban J connectivity index is 1.54. The van der Waals surface area contributed by atoms with E-state index in [9.17, 15) is 4.79 Å². The Bertz CT molecular complexity index is 667. The third-order valence-electron chi connectivity index (χ3n) is 5.52. The second-order valence-electron chi connectivity index (χ2n) is 6.69. The molecule has 4 unspecified atom stereocenters. The highest BCUT2D eigenvalue weighted by molar-refractivity contribution is 5.84. The van der Waals surface area contributed by atoms with Crippen molar-refractivity contribution in [2.75, 3.05) is 6.54 Å². The zero-order chi connectivity index (χ0) is 15.1. The fraction of sp³-hybridized carbons (Fsp3) is 0.350. The van der Waals surface area contributed by atoms with Gasteiger partial charge in [0.2, 0.25) is 5.91 Å². The molecule has 2 aliphatic rings. The van der Waals surface area contributed by atoms with Gasteiger partial charge in [-0.2, -0.15) is 0 Å². The number of carbonyl (C=O) groups excluding carboxylic acids is 1. The minimum atomic E-state index is 0.195. The van der Waals surface area contributed by atoms with Crippen molar-refractivity contribution in [1.29, 1.82) is 0 Å². The number of carbonyl (C=O) groups is 1. The van der Waals surface area contributed by atoms with E-state index in [1.807, 2.05) is 24.3 Å². The van der Waals surface area contributed by atoms with E-state index in [1.165, 1.54) is 11.1 Å². The molecule has 1 heterocycles. The second-order valence-corrected chi connectivity index (χ2v) is 6.69. The minimum Gasteiger partial charge on any atom is -0.338 e. The number of hydrogen-bond donors (Lipinski definition) is 0. The molecule has 0 bridgehead atoms. The number of likely N-dealkylation sites (tertiary alicyclic amines) is 1. The van der Waals surface area contributed by atoms with Crippen molar-refractivity contribution in [1.82, 2.24) is 4.90 Å². The fourth-order valence-corrected chi connectivity index (χ4v) is 4.35. The molecular formula is C20H21NO. The quantitative estimate of drug-likeness (QED) is 0.844. The predicted molar refractivity (Wildman–Crippen MR) is 87.2 cm³/mol. The number of amides is 1. The van der Waals surface area contributed by atoms with Crippen LogP contribution in [0.4, 0.5) is 0 Å². The van der Waals surface area contributed by atoms with E-state index in [4.69, 9.17) is 0 Å². The van der Waals surface area contributed by atoms with Crippen LogP contribution < -0.4 is 0 Å². The Labute approximate surface area is 131 Å². The molecule has 4 atom stereocenters. The normalized spacial score (nSPS) is 30.0. The van der Waals surface area contributed by atoms with Crippen molar-refractivity contribution in [2.24, 2.45) is 17.8 Å². The third kappa shape index (κ3) is 2.06. The molecule has 2 nitrogen and oxygen atoms in total. The highest BCUT2D eigenvalue weighted by atomic mass is 16.2. The number of nitrogens with zero attached hydrogens (tertiary/aromatic N) is 1. The molecule has 0 N–H and O–H groups in total.